The highest BCUT2D eigenvalue weighted by atomic mass is 16.6. The van der Waals surface area contributed by atoms with Gasteiger partial charge in [0.1, 0.15) is 6.61 Å². The van der Waals surface area contributed by atoms with Crippen LogP contribution in [0, 0.1) is 10.1 Å². The predicted molar refractivity (Wildman–Crippen MR) is 74.8 cm³/mol. The number of benzene rings is 1. The summed E-state index contributed by atoms with van der Waals surface area (Å²) in [4.78, 5) is 10.6. The Labute approximate surface area is 117 Å². The summed E-state index contributed by atoms with van der Waals surface area (Å²) in [6, 6.07) is 4.89. The van der Waals surface area contributed by atoms with Crippen molar-refractivity contribution in [3.05, 3.63) is 33.9 Å². The first-order chi connectivity index (χ1) is 9.54. The highest BCUT2D eigenvalue weighted by Gasteiger charge is 2.32. The summed E-state index contributed by atoms with van der Waals surface area (Å²) in [5.41, 5.74) is -0.0668. The van der Waals surface area contributed by atoms with Gasteiger partial charge >= 0.3 is 5.69 Å². The van der Waals surface area contributed by atoms with Crippen molar-refractivity contribution in [2.24, 2.45) is 0 Å². The molecule has 0 aliphatic heterocycles. The van der Waals surface area contributed by atoms with Gasteiger partial charge in [-0.25, -0.2) is 0 Å². The Bertz CT molecular complexity index is 484. The molecule has 1 saturated carbocycles. The molecule has 0 radical (unpaired) electrons. The molecule has 0 atom stereocenters. The van der Waals surface area contributed by atoms with Crippen LogP contribution in [0.25, 0.3) is 0 Å². The quantitative estimate of drug-likeness (QED) is 0.615. The van der Waals surface area contributed by atoms with Crippen LogP contribution in [0.2, 0.25) is 0 Å². The minimum atomic E-state index is -0.836. The lowest BCUT2D eigenvalue weighted by molar-refractivity contribution is -0.386. The molecule has 0 aromatic heterocycles. The average molecular weight is 280 g/mol. The van der Waals surface area contributed by atoms with Crippen LogP contribution in [0.5, 0.6) is 5.75 Å². The summed E-state index contributed by atoms with van der Waals surface area (Å²) in [7, 11) is 1.78. The second-order valence-corrected chi connectivity index (χ2v) is 5.31. The van der Waals surface area contributed by atoms with Crippen molar-refractivity contribution in [2.45, 2.75) is 37.8 Å². The number of nitro groups is 1. The monoisotopic (exact) mass is 280 g/mol. The molecule has 6 heteroatoms. The van der Waals surface area contributed by atoms with Crippen molar-refractivity contribution >= 4 is 5.69 Å². The third kappa shape index (κ3) is 3.46. The van der Waals surface area contributed by atoms with Gasteiger partial charge in [-0.15, -0.1) is 0 Å². The normalized spacial score (nSPS) is 17.1. The molecule has 20 heavy (non-hydrogen) atoms. The Morgan fingerprint density at radius 1 is 1.45 bits per heavy atom. The van der Waals surface area contributed by atoms with Gasteiger partial charge in [0, 0.05) is 12.6 Å². The summed E-state index contributed by atoms with van der Waals surface area (Å²) < 4.78 is 5.51. The van der Waals surface area contributed by atoms with Crippen LogP contribution in [0.3, 0.4) is 0 Å². The molecule has 110 valence electrons. The maximum absolute atomic E-state index is 11.1. The lowest BCUT2D eigenvalue weighted by Gasteiger charge is -2.22. The zero-order valence-electron chi connectivity index (χ0n) is 11.6. The van der Waals surface area contributed by atoms with E-state index in [0.717, 1.165) is 18.4 Å². The maximum Gasteiger partial charge on any atom is 0.311 e. The molecule has 0 bridgehead atoms. The zero-order valence-corrected chi connectivity index (χ0v) is 11.6. The molecule has 6 nitrogen and oxygen atoms in total. The summed E-state index contributed by atoms with van der Waals surface area (Å²) in [6.45, 7) is 0.671. The fourth-order valence-electron chi connectivity index (χ4n) is 2.53. The Morgan fingerprint density at radius 3 is 2.75 bits per heavy atom. The number of nitrogens with zero attached hydrogens (tertiary/aromatic N) is 1. The first-order valence-corrected chi connectivity index (χ1v) is 6.81. The van der Waals surface area contributed by atoms with Gasteiger partial charge in [0.05, 0.1) is 10.5 Å². The Balaban J connectivity index is 2.12. The van der Waals surface area contributed by atoms with Crippen molar-refractivity contribution < 1.29 is 14.8 Å². The van der Waals surface area contributed by atoms with E-state index < -0.39 is 10.5 Å². The second kappa shape index (κ2) is 6.19. The molecular formula is C14H20N2O4. The van der Waals surface area contributed by atoms with Crippen LogP contribution >= 0.6 is 0 Å². The van der Waals surface area contributed by atoms with Crippen LogP contribution in [0.4, 0.5) is 5.69 Å². The summed E-state index contributed by atoms with van der Waals surface area (Å²) in [5, 5.41) is 24.3. The molecule has 0 spiro atoms. The largest absolute Gasteiger partial charge is 0.484 e. The van der Waals surface area contributed by atoms with E-state index in [2.05, 4.69) is 5.32 Å². The molecule has 1 fully saturated rings. The summed E-state index contributed by atoms with van der Waals surface area (Å²) >= 11 is 0. The Kier molecular flexibility index (Phi) is 4.57. The molecular weight excluding hydrogens is 260 g/mol. The van der Waals surface area contributed by atoms with E-state index in [1.54, 1.807) is 19.2 Å². The van der Waals surface area contributed by atoms with Crippen molar-refractivity contribution in [2.75, 3.05) is 13.7 Å². The van der Waals surface area contributed by atoms with E-state index in [4.69, 9.17) is 4.74 Å². The summed E-state index contributed by atoms with van der Waals surface area (Å²) in [6.07, 6.45) is 3.34. The van der Waals surface area contributed by atoms with Crippen LogP contribution in [0.1, 0.15) is 31.2 Å². The van der Waals surface area contributed by atoms with Gasteiger partial charge in [0.25, 0.3) is 0 Å². The predicted octanol–water partition coefficient (Wildman–Crippen LogP) is 2.00. The van der Waals surface area contributed by atoms with E-state index in [1.807, 2.05) is 0 Å². The number of nitrogens with one attached hydrogen (secondary N) is 1. The maximum atomic E-state index is 11.1. The number of rotatable bonds is 6. The molecule has 1 aromatic rings. The summed E-state index contributed by atoms with van der Waals surface area (Å²) in [5.74, 6) is 0.218. The minimum Gasteiger partial charge on any atom is -0.484 e. The number of hydrogen-bond acceptors (Lipinski definition) is 5. The molecule has 2 N–H and O–H groups in total. The molecule has 1 aromatic carbocycles. The van der Waals surface area contributed by atoms with Gasteiger partial charge in [-0.1, -0.05) is 18.9 Å². The van der Waals surface area contributed by atoms with E-state index in [1.165, 1.54) is 6.07 Å². The Hall–Kier alpha value is -1.66. The van der Waals surface area contributed by atoms with Crippen molar-refractivity contribution in [3.63, 3.8) is 0 Å². The SMILES string of the molecule is CNCc1ccc(OCC2(O)CCCC2)c([N+](=O)[O-])c1. The third-order valence-electron chi connectivity index (χ3n) is 3.63. The molecule has 0 amide bonds. The highest BCUT2D eigenvalue weighted by Crippen LogP contribution is 2.33. The first-order valence-electron chi connectivity index (χ1n) is 6.81. The van der Waals surface area contributed by atoms with E-state index in [0.29, 0.717) is 19.4 Å². The average Bonchev–Trinajstić information content (AvgIpc) is 2.85. The lowest BCUT2D eigenvalue weighted by Crippen LogP contribution is -2.32. The van der Waals surface area contributed by atoms with Crippen molar-refractivity contribution in [1.29, 1.82) is 0 Å². The van der Waals surface area contributed by atoms with Gasteiger partial charge in [-0.05, 0) is 31.5 Å². The minimum absolute atomic E-state index is 0.0562. The Morgan fingerprint density at radius 2 is 2.15 bits per heavy atom. The highest BCUT2D eigenvalue weighted by molar-refractivity contribution is 5.48. The molecule has 0 unspecified atom stereocenters. The molecule has 0 saturated heterocycles. The van der Waals surface area contributed by atoms with Gasteiger partial charge in [-0.2, -0.15) is 0 Å². The fraction of sp³-hybridized carbons (Fsp3) is 0.571. The number of ether oxygens (including phenoxy) is 1. The zero-order chi connectivity index (χ0) is 14.6. The molecule has 2 rings (SSSR count). The second-order valence-electron chi connectivity index (χ2n) is 5.31. The molecule has 1 aliphatic rings. The smallest absolute Gasteiger partial charge is 0.311 e. The van der Waals surface area contributed by atoms with E-state index >= 15 is 0 Å². The van der Waals surface area contributed by atoms with Gasteiger partial charge in [0.15, 0.2) is 5.75 Å². The van der Waals surface area contributed by atoms with Gasteiger partial charge < -0.3 is 15.2 Å². The fourth-order valence-corrected chi connectivity index (χ4v) is 2.53. The van der Waals surface area contributed by atoms with Gasteiger partial charge in [-0.3, -0.25) is 10.1 Å². The van der Waals surface area contributed by atoms with Crippen LogP contribution < -0.4 is 10.1 Å². The number of aliphatic hydroxyl groups is 1. The van der Waals surface area contributed by atoms with Crippen molar-refractivity contribution in [3.8, 4) is 5.75 Å². The van der Waals surface area contributed by atoms with Gasteiger partial charge in [0.2, 0.25) is 0 Å². The molecule has 0 heterocycles. The van der Waals surface area contributed by atoms with Crippen LogP contribution in [-0.2, 0) is 6.54 Å². The number of hydrogen-bond donors (Lipinski definition) is 2. The van der Waals surface area contributed by atoms with E-state index in [-0.39, 0.29) is 18.0 Å². The standard InChI is InChI=1S/C14H20N2O4/c1-15-9-11-4-5-13(12(8-11)16(18)19)20-10-14(17)6-2-3-7-14/h4-5,8,15,17H,2-3,6-7,9-10H2,1H3. The third-order valence-corrected chi connectivity index (χ3v) is 3.63. The molecule has 1 aliphatic carbocycles. The number of nitro benzene ring substituents is 1. The van der Waals surface area contributed by atoms with Crippen LogP contribution in [-0.4, -0.2) is 29.3 Å². The topological polar surface area (TPSA) is 84.6 Å². The van der Waals surface area contributed by atoms with E-state index in [9.17, 15) is 15.2 Å². The first kappa shape index (κ1) is 14.7. The lowest BCUT2D eigenvalue weighted by atomic mass is 10.0. The van der Waals surface area contributed by atoms with Crippen LogP contribution in [0.15, 0.2) is 18.2 Å². The van der Waals surface area contributed by atoms with Crippen molar-refractivity contribution in [1.82, 2.24) is 5.32 Å².